The number of alkyl halides is 3. The van der Waals surface area contributed by atoms with Crippen molar-refractivity contribution in [3.05, 3.63) is 68.6 Å². The summed E-state index contributed by atoms with van der Waals surface area (Å²) in [5, 5.41) is 1.78. The minimum Gasteiger partial charge on any atom is -0.382 e. The number of nitrogens with zero attached hydrogens (tertiary/aromatic N) is 5. The quantitative estimate of drug-likeness (QED) is 0.284. The van der Waals surface area contributed by atoms with Crippen LogP contribution in [-0.4, -0.2) is 59.2 Å². The van der Waals surface area contributed by atoms with Gasteiger partial charge in [0.05, 0.1) is 18.8 Å². The van der Waals surface area contributed by atoms with Crippen molar-refractivity contribution >= 4 is 62.3 Å². The smallest absolute Gasteiger partial charge is 0.382 e. The fraction of sp³-hybridized carbons (Fsp3) is 0.320. The standard InChI is InChI=1S/C25H23Cl2F3N6OS/c26-18-2-1-3-19(27)17(18)14-20-32-21-22(31)33-24(34-23(21)38-20)36(9-8-35-10-12-37-13-11-35)16-6-4-15(5-7-16)25(28,29)30/h1-7H,8-14H2,(H2,31,33,34). The third-order valence-electron chi connectivity index (χ3n) is 6.20. The maximum Gasteiger partial charge on any atom is 0.416 e. The molecule has 1 aliphatic rings. The van der Waals surface area contributed by atoms with Gasteiger partial charge in [0.25, 0.3) is 0 Å². The Hall–Kier alpha value is -2.70. The number of thiazole rings is 1. The lowest BCUT2D eigenvalue weighted by Gasteiger charge is -2.30. The van der Waals surface area contributed by atoms with Crippen LogP contribution in [0.3, 0.4) is 0 Å². The van der Waals surface area contributed by atoms with E-state index in [9.17, 15) is 13.2 Å². The van der Waals surface area contributed by atoms with Crippen LogP contribution in [0.1, 0.15) is 16.1 Å². The SMILES string of the molecule is Nc1nc(N(CCN2CCOCC2)c2ccc(C(F)(F)F)cc2)nc2sc(Cc3c(Cl)cccc3Cl)nc12. The Morgan fingerprint density at radius 2 is 1.68 bits per heavy atom. The molecule has 5 rings (SSSR count). The molecular weight excluding hydrogens is 560 g/mol. The normalized spacial score (nSPS) is 14.8. The molecule has 1 fully saturated rings. The number of morpholine rings is 1. The molecule has 2 aromatic carbocycles. The second kappa shape index (κ2) is 11.2. The van der Waals surface area contributed by atoms with Crippen LogP contribution in [0.25, 0.3) is 10.3 Å². The first-order chi connectivity index (χ1) is 18.2. The molecule has 200 valence electrons. The monoisotopic (exact) mass is 582 g/mol. The molecule has 4 aromatic rings. The molecule has 2 N–H and O–H groups in total. The summed E-state index contributed by atoms with van der Waals surface area (Å²) in [4.78, 5) is 18.4. The molecule has 7 nitrogen and oxygen atoms in total. The molecule has 0 spiro atoms. The molecule has 13 heteroatoms. The fourth-order valence-electron chi connectivity index (χ4n) is 4.16. The van der Waals surface area contributed by atoms with Gasteiger partial charge in [0, 0.05) is 48.3 Å². The predicted molar refractivity (Wildman–Crippen MR) is 145 cm³/mol. The lowest BCUT2D eigenvalue weighted by atomic mass is 10.1. The van der Waals surface area contributed by atoms with Gasteiger partial charge in [-0.25, -0.2) is 4.98 Å². The molecule has 38 heavy (non-hydrogen) atoms. The summed E-state index contributed by atoms with van der Waals surface area (Å²) in [7, 11) is 0. The fourth-order valence-corrected chi connectivity index (χ4v) is 5.65. The zero-order chi connectivity index (χ0) is 26.9. The molecule has 0 saturated carbocycles. The third-order valence-corrected chi connectivity index (χ3v) is 7.86. The number of anilines is 3. The Bertz CT molecular complexity index is 1410. The molecule has 2 aromatic heterocycles. The molecule has 0 unspecified atom stereocenters. The second-order valence-corrected chi connectivity index (χ2v) is 10.6. The van der Waals surface area contributed by atoms with Crippen molar-refractivity contribution in [2.24, 2.45) is 0 Å². The number of ether oxygens (including phenoxy) is 1. The van der Waals surface area contributed by atoms with Gasteiger partial charge in [0.1, 0.15) is 10.5 Å². The number of benzene rings is 2. The first-order valence-electron chi connectivity index (χ1n) is 11.8. The van der Waals surface area contributed by atoms with E-state index < -0.39 is 11.7 Å². The number of nitrogens with two attached hydrogens (primary N) is 1. The maximum absolute atomic E-state index is 13.2. The Labute approximate surface area is 231 Å². The Balaban J connectivity index is 1.48. The number of nitrogen functional groups attached to an aromatic ring is 1. The van der Waals surface area contributed by atoms with Gasteiger partial charge < -0.3 is 15.4 Å². The van der Waals surface area contributed by atoms with Gasteiger partial charge in [-0.15, -0.1) is 0 Å². The largest absolute Gasteiger partial charge is 0.416 e. The number of aromatic nitrogens is 3. The average Bonchev–Trinajstić information content (AvgIpc) is 3.30. The minimum atomic E-state index is -4.43. The summed E-state index contributed by atoms with van der Waals surface area (Å²) >= 11 is 14.0. The van der Waals surface area contributed by atoms with Crippen molar-refractivity contribution in [2.75, 3.05) is 50.0 Å². The van der Waals surface area contributed by atoms with Crippen LogP contribution >= 0.6 is 34.5 Å². The summed E-state index contributed by atoms with van der Waals surface area (Å²) in [6, 6.07) is 10.2. The van der Waals surface area contributed by atoms with Crippen LogP contribution in [0, 0.1) is 0 Å². The highest BCUT2D eigenvalue weighted by molar-refractivity contribution is 7.18. The van der Waals surface area contributed by atoms with Crippen LogP contribution in [0.2, 0.25) is 10.0 Å². The van der Waals surface area contributed by atoms with Crippen molar-refractivity contribution in [3.8, 4) is 0 Å². The van der Waals surface area contributed by atoms with Crippen molar-refractivity contribution in [1.82, 2.24) is 19.9 Å². The highest BCUT2D eigenvalue weighted by atomic mass is 35.5. The van der Waals surface area contributed by atoms with Crippen LogP contribution in [0.4, 0.5) is 30.6 Å². The molecular formula is C25H23Cl2F3N6OS. The van der Waals surface area contributed by atoms with Crippen molar-refractivity contribution in [2.45, 2.75) is 12.6 Å². The van der Waals surface area contributed by atoms with Crippen LogP contribution < -0.4 is 10.6 Å². The van der Waals surface area contributed by atoms with E-state index >= 15 is 0 Å². The van der Waals surface area contributed by atoms with E-state index in [1.54, 1.807) is 23.1 Å². The van der Waals surface area contributed by atoms with E-state index in [-0.39, 0.29) is 11.8 Å². The zero-order valence-electron chi connectivity index (χ0n) is 20.0. The summed E-state index contributed by atoms with van der Waals surface area (Å²) in [6.07, 6.45) is -4.03. The summed E-state index contributed by atoms with van der Waals surface area (Å²) in [5.74, 6) is 0.468. The molecule has 1 aliphatic heterocycles. The molecule has 1 saturated heterocycles. The number of halogens is 5. The van der Waals surface area contributed by atoms with Gasteiger partial charge in [-0.2, -0.15) is 23.1 Å². The van der Waals surface area contributed by atoms with E-state index in [2.05, 4.69) is 14.9 Å². The van der Waals surface area contributed by atoms with Gasteiger partial charge in [-0.05, 0) is 42.0 Å². The summed E-state index contributed by atoms with van der Waals surface area (Å²) in [5.41, 5.74) is 7.30. The molecule has 0 aliphatic carbocycles. The Morgan fingerprint density at radius 1 is 1.00 bits per heavy atom. The Morgan fingerprint density at radius 3 is 2.34 bits per heavy atom. The molecule has 0 bridgehead atoms. The zero-order valence-corrected chi connectivity index (χ0v) is 22.3. The molecule has 3 heterocycles. The van der Waals surface area contributed by atoms with Gasteiger partial charge in [0.15, 0.2) is 10.6 Å². The lowest BCUT2D eigenvalue weighted by Crippen LogP contribution is -2.40. The highest BCUT2D eigenvalue weighted by Crippen LogP contribution is 2.34. The summed E-state index contributed by atoms with van der Waals surface area (Å²) < 4.78 is 44.9. The first-order valence-corrected chi connectivity index (χ1v) is 13.4. The molecule has 0 atom stereocenters. The number of hydrogen-bond acceptors (Lipinski definition) is 8. The van der Waals surface area contributed by atoms with Crippen molar-refractivity contribution in [1.29, 1.82) is 0 Å². The second-order valence-electron chi connectivity index (χ2n) is 8.70. The average molecular weight is 583 g/mol. The minimum absolute atomic E-state index is 0.182. The third kappa shape index (κ3) is 5.97. The van der Waals surface area contributed by atoms with E-state index in [0.29, 0.717) is 63.8 Å². The van der Waals surface area contributed by atoms with E-state index in [1.165, 1.54) is 23.5 Å². The van der Waals surface area contributed by atoms with Crippen LogP contribution in [0.15, 0.2) is 42.5 Å². The summed E-state index contributed by atoms with van der Waals surface area (Å²) in [6.45, 7) is 3.89. The highest BCUT2D eigenvalue weighted by Gasteiger charge is 2.30. The van der Waals surface area contributed by atoms with Crippen molar-refractivity contribution < 1.29 is 17.9 Å². The van der Waals surface area contributed by atoms with E-state index in [4.69, 9.17) is 38.7 Å². The van der Waals surface area contributed by atoms with Crippen LogP contribution in [0.5, 0.6) is 0 Å². The number of fused-ring (bicyclic) bond motifs is 1. The Kier molecular flexibility index (Phi) is 7.92. The van der Waals surface area contributed by atoms with E-state index in [1.807, 2.05) is 0 Å². The number of rotatable bonds is 7. The van der Waals surface area contributed by atoms with Gasteiger partial charge in [-0.1, -0.05) is 40.6 Å². The van der Waals surface area contributed by atoms with Gasteiger partial charge in [0.2, 0.25) is 5.95 Å². The van der Waals surface area contributed by atoms with Crippen molar-refractivity contribution in [3.63, 3.8) is 0 Å². The molecule has 0 amide bonds. The van der Waals surface area contributed by atoms with Gasteiger partial charge in [-0.3, -0.25) is 4.90 Å². The van der Waals surface area contributed by atoms with Crippen LogP contribution in [-0.2, 0) is 17.3 Å². The lowest BCUT2D eigenvalue weighted by molar-refractivity contribution is -0.137. The maximum atomic E-state index is 13.2. The van der Waals surface area contributed by atoms with E-state index in [0.717, 1.165) is 30.8 Å². The predicted octanol–water partition coefficient (Wildman–Crippen LogP) is 6.06. The topological polar surface area (TPSA) is 80.4 Å². The number of hydrogen-bond donors (Lipinski definition) is 1. The van der Waals surface area contributed by atoms with Gasteiger partial charge >= 0.3 is 6.18 Å². The first kappa shape index (κ1) is 26.9. The molecule has 0 radical (unpaired) electrons.